The van der Waals surface area contributed by atoms with Crippen LogP contribution >= 0.6 is 0 Å². The Morgan fingerprint density at radius 1 is 1.25 bits per heavy atom. The van der Waals surface area contributed by atoms with Gasteiger partial charge in [0.15, 0.2) is 0 Å². The Balaban J connectivity index is 1.77. The molecule has 106 valence electrons. The average molecular weight is 269 g/mol. The molecular formula is C17H23N3. The van der Waals surface area contributed by atoms with Crippen LogP contribution in [0.4, 0.5) is 0 Å². The van der Waals surface area contributed by atoms with Crippen molar-refractivity contribution in [2.75, 3.05) is 0 Å². The zero-order chi connectivity index (χ0) is 13.9. The summed E-state index contributed by atoms with van der Waals surface area (Å²) in [7, 11) is 0. The molecule has 0 spiro atoms. The minimum Gasteiger partial charge on any atom is -0.306 e. The van der Waals surface area contributed by atoms with Gasteiger partial charge in [-0.1, -0.05) is 30.7 Å². The van der Waals surface area contributed by atoms with Gasteiger partial charge in [-0.05, 0) is 44.2 Å². The predicted octanol–water partition coefficient (Wildman–Crippen LogP) is 3.58. The Labute approximate surface area is 120 Å². The first-order valence-electron chi connectivity index (χ1n) is 7.57. The molecule has 1 aromatic heterocycles. The van der Waals surface area contributed by atoms with Crippen LogP contribution in [0.2, 0.25) is 0 Å². The minimum absolute atomic E-state index is 0.474. The van der Waals surface area contributed by atoms with Crippen LogP contribution in [0.1, 0.15) is 53.4 Å². The second-order valence-electron chi connectivity index (χ2n) is 5.79. The molecule has 3 heteroatoms. The summed E-state index contributed by atoms with van der Waals surface area (Å²) in [5.74, 6) is 0. The first-order valence-corrected chi connectivity index (χ1v) is 7.57. The molecular weight excluding hydrogens is 246 g/mol. The lowest BCUT2D eigenvalue weighted by molar-refractivity contribution is 0.488. The maximum Gasteiger partial charge on any atom is 0.0638 e. The van der Waals surface area contributed by atoms with Gasteiger partial charge in [-0.25, -0.2) is 0 Å². The van der Waals surface area contributed by atoms with Gasteiger partial charge in [0.2, 0.25) is 0 Å². The number of aromatic nitrogens is 2. The Kier molecular flexibility index (Phi) is 3.88. The number of nitrogens with zero attached hydrogens (tertiary/aromatic N) is 1. The van der Waals surface area contributed by atoms with E-state index in [-0.39, 0.29) is 0 Å². The molecule has 1 heterocycles. The molecule has 0 fully saturated rings. The van der Waals surface area contributed by atoms with Crippen LogP contribution in [0.15, 0.2) is 24.3 Å². The molecule has 1 aliphatic rings. The molecule has 1 atom stereocenters. The smallest absolute Gasteiger partial charge is 0.0638 e. The van der Waals surface area contributed by atoms with Gasteiger partial charge in [-0.15, -0.1) is 0 Å². The fraction of sp³-hybridized carbons (Fsp3) is 0.471. The summed E-state index contributed by atoms with van der Waals surface area (Å²) in [4.78, 5) is 0. The summed E-state index contributed by atoms with van der Waals surface area (Å²) in [6, 6.07) is 9.36. The van der Waals surface area contributed by atoms with Crippen molar-refractivity contribution >= 4 is 0 Å². The zero-order valence-corrected chi connectivity index (χ0v) is 12.4. The van der Waals surface area contributed by atoms with E-state index < -0.39 is 0 Å². The van der Waals surface area contributed by atoms with E-state index in [2.05, 4.69) is 53.6 Å². The second-order valence-corrected chi connectivity index (χ2v) is 5.79. The third kappa shape index (κ3) is 2.63. The van der Waals surface area contributed by atoms with Crippen LogP contribution in [0, 0.1) is 13.8 Å². The number of H-pyrrole nitrogens is 1. The van der Waals surface area contributed by atoms with E-state index in [1.165, 1.54) is 48.1 Å². The molecule has 2 aromatic rings. The first kappa shape index (κ1) is 13.4. The first-order chi connectivity index (χ1) is 9.75. The maximum absolute atomic E-state index is 4.28. The third-order valence-electron chi connectivity index (χ3n) is 4.43. The summed E-state index contributed by atoms with van der Waals surface area (Å²) in [6.45, 7) is 5.06. The minimum atomic E-state index is 0.474. The SMILES string of the molecule is Cc1n[nH]c(C)c1CN[C@H]1CCCCc2ccccc21. The second kappa shape index (κ2) is 5.80. The normalized spacial score (nSPS) is 18.6. The van der Waals surface area contributed by atoms with Crippen LogP contribution < -0.4 is 5.32 Å². The molecule has 20 heavy (non-hydrogen) atoms. The van der Waals surface area contributed by atoms with Crippen molar-refractivity contribution in [3.05, 3.63) is 52.3 Å². The zero-order valence-electron chi connectivity index (χ0n) is 12.4. The van der Waals surface area contributed by atoms with Gasteiger partial charge in [0.25, 0.3) is 0 Å². The van der Waals surface area contributed by atoms with Gasteiger partial charge in [0.05, 0.1) is 5.69 Å². The number of nitrogens with one attached hydrogen (secondary N) is 2. The Morgan fingerprint density at radius 3 is 2.90 bits per heavy atom. The predicted molar refractivity (Wildman–Crippen MR) is 81.6 cm³/mol. The number of benzene rings is 1. The molecule has 1 aliphatic carbocycles. The van der Waals surface area contributed by atoms with E-state index in [1.54, 1.807) is 0 Å². The number of rotatable bonds is 3. The monoisotopic (exact) mass is 269 g/mol. The lowest BCUT2D eigenvalue weighted by Crippen LogP contribution is -2.21. The van der Waals surface area contributed by atoms with Crippen LogP contribution in [0.25, 0.3) is 0 Å². The van der Waals surface area contributed by atoms with Crippen LogP contribution in [-0.4, -0.2) is 10.2 Å². The molecule has 0 radical (unpaired) electrons. The van der Waals surface area contributed by atoms with Gasteiger partial charge >= 0.3 is 0 Å². The number of aryl methyl sites for hydroxylation is 3. The van der Waals surface area contributed by atoms with Crippen molar-refractivity contribution in [1.29, 1.82) is 0 Å². The summed E-state index contributed by atoms with van der Waals surface area (Å²) in [6.07, 6.45) is 5.06. The Hall–Kier alpha value is -1.61. The fourth-order valence-corrected chi connectivity index (χ4v) is 3.19. The summed E-state index contributed by atoms with van der Waals surface area (Å²) in [5.41, 5.74) is 6.60. The largest absolute Gasteiger partial charge is 0.306 e. The van der Waals surface area contributed by atoms with Crippen molar-refractivity contribution in [2.45, 2.75) is 52.1 Å². The number of hydrogen-bond donors (Lipinski definition) is 2. The molecule has 0 amide bonds. The van der Waals surface area contributed by atoms with E-state index in [0.717, 1.165) is 12.2 Å². The molecule has 0 saturated heterocycles. The van der Waals surface area contributed by atoms with E-state index >= 15 is 0 Å². The Morgan fingerprint density at radius 2 is 2.10 bits per heavy atom. The van der Waals surface area contributed by atoms with Crippen LogP contribution in [0.3, 0.4) is 0 Å². The van der Waals surface area contributed by atoms with E-state index in [1.807, 2.05) is 0 Å². The maximum atomic E-state index is 4.28. The highest BCUT2D eigenvalue weighted by molar-refractivity contribution is 5.31. The van der Waals surface area contributed by atoms with Gasteiger partial charge < -0.3 is 5.32 Å². The van der Waals surface area contributed by atoms with Crippen molar-refractivity contribution < 1.29 is 0 Å². The molecule has 0 bridgehead atoms. The van der Waals surface area contributed by atoms with Crippen LogP contribution in [0.5, 0.6) is 0 Å². The molecule has 3 rings (SSSR count). The van der Waals surface area contributed by atoms with Gasteiger partial charge in [-0.3, -0.25) is 5.10 Å². The van der Waals surface area contributed by atoms with Gasteiger partial charge in [0, 0.05) is 23.8 Å². The summed E-state index contributed by atoms with van der Waals surface area (Å²) in [5, 5.41) is 11.1. The fourth-order valence-electron chi connectivity index (χ4n) is 3.19. The quantitative estimate of drug-likeness (QED) is 0.836. The third-order valence-corrected chi connectivity index (χ3v) is 4.43. The molecule has 3 nitrogen and oxygen atoms in total. The molecule has 2 N–H and O–H groups in total. The van der Waals surface area contributed by atoms with Crippen LogP contribution in [-0.2, 0) is 13.0 Å². The highest BCUT2D eigenvalue weighted by Crippen LogP contribution is 2.29. The number of fused-ring (bicyclic) bond motifs is 1. The van der Waals surface area contributed by atoms with Gasteiger partial charge in [-0.2, -0.15) is 5.10 Å². The number of aromatic amines is 1. The topological polar surface area (TPSA) is 40.7 Å². The van der Waals surface area contributed by atoms with Crippen molar-refractivity contribution in [2.24, 2.45) is 0 Å². The Bertz CT molecular complexity index is 566. The summed E-state index contributed by atoms with van der Waals surface area (Å²) >= 11 is 0. The van der Waals surface area contributed by atoms with E-state index in [4.69, 9.17) is 0 Å². The standard InChI is InChI=1S/C17H23N3/c1-12-16(13(2)20-19-12)11-18-17-10-6-4-8-14-7-3-5-9-15(14)17/h3,5,7,9,17-18H,4,6,8,10-11H2,1-2H3,(H,19,20)/t17-/m0/s1. The van der Waals surface area contributed by atoms with E-state index in [9.17, 15) is 0 Å². The summed E-state index contributed by atoms with van der Waals surface area (Å²) < 4.78 is 0. The molecule has 1 aromatic carbocycles. The molecule has 0 unspecified atom stereocenters. The molecule has 0 saturated carbocycles. The molecule has 0 aliphatic heterocycles. The lowest BCUT2D eigenvalue weighted by atomic mass is 9.99. The average Bonchev–Trinajstić information content (AvgIpc) is 2.67. The van der Waals surface area contributed by atoms with E-state index in [0.29, 0.717) is 6.04 Å². The number of hydrogen-bond acceptors (Lipinski definition) is 2. The van der Waals surface area contributed by atoms with Crippen molar-refractivity contribution in [1.82, 2.24) is 15.5 Å². The van der Waals surface area contributed by atoms with Crippen molar-refractivity contribution in [3.63, 3.8) is 0 Å². The lowest BCUT2D eigenvalue weighted by Gasteiger charge is -2.19. The highest BCUT2D eigenvalue weighted by Gasteiger charge is 2.18. The highest BCUT2D eigenvalue weighted by atomic mass is 15.1. The van der Waals surface area contributed by atoms with Gasteiger partial charge in [0.1, 0.15) is 0 Å². The van der Waals surface area contributed by atoms with Crippen molar-refractivity contribution in [3.8, 4) is 0 Å².